The number of aromatic hydroxyl groups is 1. The minimum absolute atomic E-state index is 0.117. The summed E-state index contributed by atoms with van der Waals surface area (Å²) in [5.74, 6) is -0.493. The van der Waals surface area contributed by atoms with Gasteiger partial charge in [0, 0.05) is 6.07 Å². The Balaban J connectivity index is 3.02. The van der Waals surface area contributed by atoms with Gasteiger partial charge in [0.25, 0.3) is 0 Å². The number of hydrogen-bond donors (Lipinski definition) is 3. The van der Waals surface area contributed by atoms with Crippen molar-refractivity contribution in [2.45, 2.75) is 38.9 Å². The number of aliphatic hydroxyl groups is 1. The number of rotatable bonds is 5. The van der Waals surface area contributed by atoms with E-state index in [0.717, 1.165) is 12.1 Å². The third-order valence-electron chi connectivity index (χ3n) is 3.36. The first-order valence-corrected chi connectivity index (χ1v) is 6.01. The summed E-state index contributed by atoms with van der Waals surface area (Å²) in [6.45, 7) is 6.23. The molecule has 8 heteroatoms. The smallest absolute Gasteiger partial charge is 0.491 e. The molecule has 0 spiro atoms. The normalized spacial score (nSPS) is 12.3. The van der Waals surface area contributed by atoms with Gasteiger partial charge in [0.05, 0.1) is 16.1 Å². The largest absolute Gasteiger partial charge is 0.502 e. The predicted molar refractivity (Wildman–Crippen MR) is 73.8 cm³/mol. The van der Waals surface area contributed by atoms with Crippen LogP contribution in [0.3, 0.4) is 0 Å². The fraction of sp³-hybridized carbons (Fsp3) is 0.500. The van der Waals surface area contributed by atoms with Crippen molar-refractivity contribution >= 4 is 18.3 Å². The van der Waals surface area contributed by atoms with Crippen LogP contribution in [-0.2, 0) is 4.65 Å². The van der Waals surface area contributed by atoms with Crippen molar-refractivity contribution in [1.29, 1.82) is 0 Å². The molecule has 110 valence electrons. The highest BCUT2D eigenvalue weighted by atomic mass is 16.6. The summed E-state index contributed by atoms with van der Waals surface area (Å²) in [7, 11) is -1.46. The van der Waals surface area contributed by atoms with Gasteiger partial charge in [0.2, 0.25) is 0 Å². The summed E-state index contributed by atoms with van der Waals surface area (Å²) < 4.78 is 5.36. The number of hydrogen-bond acceptors (Lipinski definition) is 6. The maximum Gasteiger partial charge on any atom is 0.491 e. The maximum atomic E-state index is 10.7. The van der Waals surface area contributed by atoms with E-state index in [1.165, 1.54) is 19.9 Å². The van der Waals surface area contributed by atoms with Gasteiger partial charge in [-0.05, 0) is 39.2 Å². The summed E-state index contributed by atoms with van der Waals surface area (Å²) in [4.78, 5) is 9.97. The summed E-state index contributed by atoms with van der Waals surface area (Å²) in [6, 6.07) is 3.45. The third kappa shape index (κ3) is 3.47. The lowest BCUT2D eigenvalue weighted by Gasteiger charge is -2.38. The van der Waals surface area contributed by atoms with Crippen LogP contribution in [0.2, 0.25) is 0 Å². The molecule has 0 aliphatic heterocycles. The molecule has 0 heterocycles. The molecule has 0 aliphatic carbocycles. The first kappa shape index (κ1) is 16.4. The topological polar surface area (TPSA) is 113 Å². The van der Waals surface area contributed by atoms with E-state index in [1.54, 1.807) is 13.8 Å². The average Bonchev–Trinajstić information content (AvgIpc) is 2.26. The van der Waals surface area contributed by atoms with Crippen LogP contribution in [0.25, 0.3) is 0 Å². The number of benzene rings is 1. The zero-order valence-corrected chi connectivity index (χ0v) is 11.8. The molecule has 0 aromatic heterocycles. The Morgan fingerprint density at radius 1 is 1.30 bits per heavy atom. The van der Waals surface area contributed by atoms with Crippen molar-refractivity contribution in [2.75, 3.05) is 0 Å². The molecule has 0 saturated heterocycles. The molecule has 20 heavy (non-hydrogen) atoms. The van der Waals surface area contributed by atoms with E-state index in [2.05, 4.69) is 0 Å². The molecule has 0 aliphatic rings. The van der Waals surface area contributed by atoms with Crippen LogP contribution in [0, 0.1) is 10.1 Å². The molecular formula is C12H18BNO6. The van der Waals surface area contributed by atoms with Crippen LogP contribution in [0.1, 0.15) is 27.7 Å². The number of nitro groups is 1. The molecule has 0 amide bonds. The average molecular weight is 283 g/mol. The van der Waals surface area contributed by atoms with Crippen molar-refractivity contribution in [2.24, 2.45) is 0 Å². The summed E-state index contributed by atoms with van der Waals surface area (Å²) >= 11 is 0. The fourth-order valence-corrected chi connectivity index (χ4v) is 1.33. The second-order valence-electron chi connectivity index (χ2n) is 5.54. The lowest BCUT2D eigenvalue weighted by Crippen LogP contribution is -2.53. The highest BCUT2D eigenvalue weighted by Crippen LogP contribution is 2.27. The van der Waals surface area contributed by atoms with Crippen LogP contribution in [0.5, 0.6) is 5.75 Å². The van der Waals surface area contributed by atoms with Gasteiger partial charge in [0.15, 0.2) is 5.75 Å². The molecule has 0 radical (unpaired) electrons. The third-order valence-corrected chi connectivity index (χ3v) is 3.36. The van der Waals surface area contributed by atoms with Crippen LogP contribution in [0.4, 0.5) is 5.69 Å². The molecule has 1 aromatic carbocycles. The molecule has 0 saturated carbocycles. The molecule has 0 atom stereocenters. The van der Waals surface area contributed by atoms with Crippen molar-refractivity contribution in [3.63, 3.8) is 0 Å². The van der Waals surface area contributed by atoms with Crippen LogP contribution in [-0.4, -0.2) is 38.5 Å². The first-order valence-electron chi connectivity index (χ1n) is 6.01. The number of phenols is 1. The molecule has 3 N–H and O–H groups in total. The Kier molecular flexibility index (Phi) is 4.43. The van der Waals surface area contributed by atoms with E-state index in [-0.39, 0.29) is 5.46 Å². The van der Waals surface area contributed by atoms with E-state index in [9.17, 15) is 25.4 Å². The van der Waals surface area contributed by atoms with E-state index in [4.69, 9.17) is 4.65 Å². The van der Waals surface area contributed by atoms with Crippen LogP contribution < -0.4 is 5.46 Å². The predicted octanol–water partition coefficient (Wildman–Crippen LogP) is 0.554. The van der Waals surface area contributed by atoms with Gasteiger partial charge in [0.1, 0.15) is 0 Å². The van der Waals surface area contributed by atoms with Crippen molar-refractivity contribution in [1.82, 2.24) is 0 Å². The second-order valence-corrected chi connectivity index (χ2v) is 5.54. The van der Waals surface area contributed by atoms with Gasteiger partial charge in [-0.3, -0.25) is 10.1 Å². The Morgan fingerprint density at radius 2 is 1.85 bits per heavy atom. The molecule has 0 fully saturated rings. The summed E-state index contributed by atoms with van der Waals surface area (Å²) in [5.41, 5.74) is -2.71. The summed E-state index contributed by atoms with van der Waals surface area (Å²) in [5, 5.41) is 40.0. The van der Waals surface area contributed by atoms with E-state index >= 15 is 0 Å². The standard InChI is InChI=1S/C12H18BNO6/c1-11(2,16)12(3,4)20-13(17)8-5-6-10(15)9(7-8)14(18)19/h5-7,15-17H,1-4H3. The number of nitro benzene ring substituents is 1. The zero-order valence-electron chi connectivity index (χ0n) is 11.8. The van der Waals surface area contributed by atoms with Gasteiger partial charge < -0.3 is 19.9 Å². The van der Waals surface area contributed by atoms with Gasteiger partial charge in [-0.1, -0.05) is 6.07 Å². The lowest BCUT2D eigenvalue weighted by molar-refractivity contribution is -0.385. The molecule has 0 unspecified atom stereocenters. The Bertz CT molecular complexity index is 511. The maximum absolute atomic E-state index is 10.7. The number of nitrogens with zero attached hydrogens (tertiary/aromatic N) is 1. The Labute approximate surface area is 117 Å². The van der Waals surface area contributed by atoms with Crippen molar-refractivity contribution in [3.8, 4) is 5.75 Å². The molecule has 0 bridgehead atoms. The molecule has 7 nitrogen and oxygen atoms in total. The van der Waals surface area contributed by atoms with E-state index in [0.29, 0.717) is 0 Å². The second kappa shape index (κ2) is 5.39. The fourth-order valence-electron chi connectivity index (χ4n) is 1.33. The Hall–Kier alpha value is -1.64. The minimum Gasteiger partial charge on any atom is -0.502 e. The van der Waals surface area contributed by atoms with Gasteiger partial charge >= 0.3 is 12.8 Å². The first-order chi connectivity index (χ1) is 8.95. The Morgan fingerprint density at radius 3 is 2.30 bits per heavy atom. The van der Waals surface area contributed by atoms with Crippen molar-refractivity contribution in [3.05, 3.63) is 28.3 Å². The number of phenolic OH excluding ortho intramolecular Hbond substituents is 1. The van der Waals surface area contributed by atoms with Crippen LogP contribution in [0.15, 0.2) is 18.2 Å². The van der Waals surface area contributed by atoms with Gasteiger partial charge in [-0.25, -0.2) is 0 Å². The molecule has 1 rings (SSSR count). The minimum atomic E-state index is -1.46. The highest BCUT2D eigenvalue weighted by molar-refractivity contribution is 6.60. The van der Waals surface area contributed by atoms with E-state index in [1.807, 2.05) is 0 Å². The monoisotopic (exact) mass is 283 g/mol. The quantitative estimate of drug-likeness (QED) is 0.413. The van der Waals surface area contributed by atoms with Gasteiger partial charge in [-0.15, -0.1) is 0 Å². The SMILES string of the molecule is CC(C)(O)C(C)(C)OB(O)c1ccc(O)c([N+](=O)[O-])c1. The van der Waals surface area contributed by atoms with Crippen LogP contribution >= 0.6 is 0 Å². The van der Waals surface area contributed by atoms with Crippen molar-refractivity contribution < 1.29 is 24.8 Å². The highest BCUT2D eigenvalue weighted by Gasteiger charge is 2.39. The lowest BCUT2D eigenvalue weighted by atomic mass is 9.76. The van der Waals surface area contributed by atoms with E-state index < -0.39 is 34.7 Å². The summed E-state index contributed by atoms with van der Waals surface area (Å²) in [6.07, 6.45) is 0. The zero-order chi connectivity index (χ0) is 15.7. The molecule has 1 aromatic rings. The van der Waals surface area contributed by atoms with Gasteiger partial charge in [-0.2, -0.15) is 0 Å². The molecular weight excluding hydrogens is 265 g/mol.